The van der Waals surface area contributed by atoms with Crippen LogP contribution in [0.4, 0.5) is 5.69 Å². The molecule has 0 aromatic heterocycles. The molecule has 0 radical (unpaired) electrons. The number of amides is 2. The fourth-order valence-corrected chi connectivity index (χ4v) is 2.49. The van der Waals surface area contributed by atoms with Gasteiger partial charge in [0.25, 0.3) is 0 Å². The molecule has 0 aliphatic heterocycles. The minimum Gasteiger partial charge on any atom is -0.465 e. The second kappa shape index (κ2) is 9.66. The zero-order chi connectivity index (χ0) is 20.6. The van der Waals surface area contributed by atoms with Gasteiger partial charge in [0.15, 0.2) is 0 Å². The van der Waals surface area contributed by atoms with Crippen molar-refractivity contribution in [3.63, 3.8) is 0 Å². The number of carbonyl (C=O) groups excluding carboxylic acids is 3. The fourth-order valence-electron chi connectivity index (χ4n) is 2.49. The van der Waals surface area contributed by atoms with E-state index >= 15 is 0 Å². The van der Waals surface area contributed by atoms with Crippen LogP contribution in [-0.4, -0.2) is 42.1 Å². The Morgan fingerprint density at radius 1 is 1.00 bits per heavy atom. The second-order valence-corrected chi connectivity index (χ2v) is 6.69. The Kier molecular flexibility index (Phi) is 7.28. The van der Waals surface area contributed by atoms with E-state index < -0.39 is 23.4 Å². The summed E-state index contributed by atoms with van der Waals surface area (Å²) in [6.07, 6.45) is 1.09. The van der Waals surface area contributed by atoms with Crippen molar-refractivity contribution in [2.24, 2.45) is 0 Å². The maximum Gasteiger partial charge on any atom is 0.337 e. The molecule has 2 aromatic carbocycles. The molecule has 148 valence electrons. The Bertz CT molecular complexity index is 816. The molecule has 7 heteroatoms. The lowest BCUT2D eigenvalue weighted by molar-refractivity contribution is -0.136. The summed E-state index contributed by atoms with van der Waals surface area (Å²) < 4.78 is 4.59. The van der Waals surface area contributed by atoms with E-state index in [0.29, 0.717) is 24.1 Å². The maximum absolute atomic E-state index is 12.0. The Balaban J connectivity index is 1.81. The highest BCUT2D eigenvalue weighted by Gasteiger charge is 2.23. The lowest BCUT2D eigenvalue weighted by Crippen LogP contribution is -2.44. The monoisotopic (exact) mass is 384 g/mol. The smallest absolute Gasteiger partial charge is 0.337 e. The number of benzene rings is 2. The number of rotatable bonds is 7. The van der Waals surface area contributed by atoms with Gasteiger partial charge in [0.2, 0.25) is 0 Å². The standard InChI is InChI=1S/C21H24N2O5/c1-21(27,13-12-15-6-4-3-5-7-15)14-22-18(24)19(25)23-17-10-8-16(9-11-17)20(26)28-2/h3-11,27H,12-14H2,1-2H3,(H,22,24)(H,23,25). The summed E-state index contributed by atoms with van der Waals surface area (Å²) in [6, 6.07) is 15.6. The summed E-state index contributed by atoms with van der Waals surface area (Å²) in [4.78, 5) is 35.3. The number of hydrogen-bond acceptors (Lipinski definition) is 5. The topological polar surface area (TPSA) is 105 Å². The third-order valence-corrected chi connectivity index (χ3v) is 4.19. The van der Waals surface area contributed by atoms with Crippen LogP contribution in [0.5, 0.6) is 0 Å². The van der Waals surface area contributed by atoms with Crippen molar-refractivity contribution in [2.45, 2.75) is 25.4 Å². The number of methoxy groups -OCH3 is 1. The number of ether oxygens (including phenoxy) is 1. The lowest BCUT2D eigenvalue weighted by atomic mass is 9.97. The van der Waals surface area contributed by atoms with Crippen molar-refractivity contribution in [3.05, 3.63) is 65.7 Å². The van der Waals surface area contributed by atoms with E-state index in [2.05, 4.69) is 15.4 Å². The molecule has 0 aliphatic rings. The van der Waals surface area contributed by atoms with E-state index in [1.54, 1.807) is 6.92 Å². The van der Waals surface area contributed by atoms with Crippen molar-refractivity contribution in [1.29, 1.82) is 0 Å². The molecular formula is C21H24N2O5. The normalized spacial score (nSPS) is 12.5. The number of anilines is 1. The first-order valence-corrected chi connectivity index (χ1v) is 8.84. The van der Waals surface area contributed by atoms with E-state index in [-0.39, 0.29) is 6.54 Å². The SMILES string of the molecule is COC(=O)c1ccc(NC(=O)C(=O)NCC(C)(O)CCc2ccccc2)cc1. The molecule has 0 saturated carbocycles. The van der Waals surface area contributed by atoms with E-state index in [4.69, 9.17) is 0 Å². The minimum absolute atomic E-state index is 0.0482. The number of aryl methyl sites for hydroxylation is 1. The molecule has 7 nitrogen and oxygen atoms in total. The summed E-state index contributed by atoms with van der Waals surface area (Å²) in [7, 11) is 1.27. The third-order valence-electron chi connectivity index (χ3n) is 4.19. The number of nitrogens with one attached hydrogen (secondary N) is 2. The first-order valence-electron chi connectivity index (χ1n) is 8.84. The van der Waals surface area contributed by atoms with E-state index in [0.717, 1.165) is 5.56 Å². The zero-order valence-corrected chi connectivity index (χ0v) is 15.9. The molecule has 0 heterocycles. The summed E-state index contributed by atoms with van der Waals surface area (Å²) >= 11 is 0. The summed E-state index contributed by atoms with van der Waals surface area (Å²) in [5.74, 6) is -2.20. The Morgan fingerprint density at radius 2 is 1.64 bits per heavy atom. The van der Waals surface area contributed by atoms with Crippen LogP contribution < -0.4 is 10.6 Å². The predicted molar refractivity (Wildman–Crippen MR) is 105 cm³/mol. The number of hydrogen-bond donors (Lipinski definition) is 3. The van der Waals surface area contributed by atoms with Crippen molar-refractivity contribution < 1.29 is 24.2 Å². The zero-order valence-electron chi connectivity index (χ0n) is 15.9. The van der Waals surface area contributed by atoms with E-state index in [1.165, 1.54) is 31.4 Å². The molecule has 0 saturated heterocycles. The molecule has 0 bridgehead atoms. The molecule has 1 unspecified atom stereocenters. The van der Waals surface area contributed by atoms with Gasteiger partial charge in [0.1, 0.15) is 0 Å². The number of carbonyl (C=O) groups is 3. The van der Waals surface area contributed by atoms with Gasteiger partial charge in [-0.05, 0) is 49.6 Å². The van der Waals surface area contributed by atoms with Crippen LogP contribution in [0.2, 0.25) is 0 Å². The quantitative estimate of drug-likeness (QED) is 0.500. The largest absolute Gasteiger partial charge is 0.465 e. The van der Waals surface area contributed by atoms with E-state index in [9.17, 15) is 19.5 Å². The van der Waals surface area contributed by atoms with Crippen LogP contribution in [0.3, 0.4) is 0 Å². The van der Waals surface area contributed by atoms with Crippen LogP contribution in [0.25, 0.3) is 0 Å². The second-order valence-electron chi connectivity index (χ2n) is 6.69. The fraction of sp³-hybridized carbons (Fsp3) is 0.286. The highest BCUT2D eigenvalue weighted by Crippen LogP contribution is 2.14. The highest BCUT2D eigenvalue weighted by atomic mass is 16.5. The van der Waals surface area contributed by atoms with Gasteiger partial charge in [-0.2, -0.15) is 0 Å². The van der Waals surface area contributed by atoms with Gasteiger partial charge < -0.3 is 20.5 Å². The van der Waals surface area contributed by atoms with Gasteiger partial charge in [-0.1, -0.05) is 30.3 Å². The van der Waals surface area contributed by atoms with Gasteiger partial charge in [0.05, 0.1) is 18.3 Å². The van der Waals surface area contributed by atoms with Gasteiger partial charge in [0, 0.05) is 12.2 Å². The molecule has 1 atom stereocenters. The molecular weight excluding hydrogens is 360 g/mol. The van der Waals surface area contributed by atoms with Crippen LogP contribution in [0, 0.1) is 0 Å². The molecule has 0 fully saturated rings. The third kappa shape index (κ3) is 6.51. The van der Waals surface area contributed by atoms with Crippen LogP contribution in [-0.2, 0) is 20.7 Å². The van der Waals surface area contributed by atoms with Crippen molar-refractivity contribution in [2.75, 3.05) is 19.0 Å². The summed E-state index contributed by atoms with van der Waals surface area (Å²) in [6.45, 7) is 1.56. The first kappa shape index (κ1) is 21.1. The van der Waals surface area contributed by atoms with Gasteiger partial charge in [-0.25, -0.2) is 4.79 Å². The van der Waals surface area contributed by atoms with Crippen LogP contribution in [0.1, 0.15) is 29.3 Å². The van der Waals surface area contributed by atoms with Crippen molar-refractivity contribution >= 4 is 23.5 Å². The van der Waals surface area contributed by atoms with E-state index in [1.807, 2.05) is 30.3 Å². The molecule has 2 aromatic rings. The number of esters is 1. The Labute approximate surface area is 163 Å². The summed E-state index contributed by atoms with van der Waals surface area (Å²) in [5, 5.41) is 15.3. The lowest BCUT2D eigenvalue weighted by Gasteiger charge is -2.23. The van der Waals surface area contributed by atoms with Crippen LogP contribution >= 0.6 is 0 Å². The Morgan fingerprint density at radius 3 is 2.25 bits per heavy atom. The van der Waals surface area contributed by atoms with Gasteiger partial charge >= 0.3 is 17.8 Å². The molecule has 2 rings (SSSR count). The van der Waals surface area contributed by atoms with Crippen LogP contribution in [0.15, 0.2) is 54.6 Å². The first-order chi connectivity index (χ1) is 13.3. The number of aliphatic hydroxyl groups is 1. The molecule has 3 N–H and O–H groups in total. The maximum atomic E-state index is 12.0. The van der Waals surface area contributed by atoms with Gasteiger partial charge in [-0.3, -0.25) is 9.59 Å². The van der Waals surface area contributed by atoms with Gasteiger partial charge in [-0.15, -0.1) is 0 Å². The highest BCUT2D eigenvalue weighted by molar-refractivity contribution is 6.39. The average Bonchev–Trinajstić information content (AvgIpc) is 2.71. The van der Waals surface area contributed by atoms with Crippen molar-refractivity contribution in [1.82, 2.24) is 5.32 Å². The summed E-state index contributed by atoms with van der Waals surface area (Å²) in [5.41, 5.74) is 0.638. The average molecular weight is 384 g/mol. The minimum atomic E-state index is -1.14. The Hall–Kier alpha value is -3.19. The molecule has 0 spiro atoms. The molecule has 28 heavy (non-hydrogen) atoms. The molecule has 2 amide bonds. The van der Waals surface area contributed by atoms with Crippen molar-refractivity contribution in [3.8, 4) is 0 Å². The predicted octanol–water partition coefficient (Wildman–Crippen LogP) is 1.91. The molecule has 0 aliphatic carbocycles.